The highest BCUT2D eigenvalue weighted by atomic mass is 32.1. The van der Waals surface area contributed by atoms with E-state index in [1.54, 1.807) is 4.90 Å². The Kier molecular flexibility index (Phi) is 2.50. The Hall–Kier alpha value is -1.36. The molecule has 82 valence electrons. The molecule has 1 unspecified atom stereocenters. The second-order valence-corrected chi connectivity index (χ2v) is 4.72. The van der Waals surface area contributed by atoms with Crippen molar-refractivity contribution < 1.29 is 0 Å². The van der Waals surface area contributed by atoms with Crippen LogP contribution in [0.2, 0.25) is 0 Å². The molecule has 0 aromatic heterocycles. The Morgan fingerprint density at radius 2 is 2.19 bits per heavy atom. The second kappa shape index (κ2) is 3.59. The average molecular weight is 231 g/mol. The van der Waals surface area contributed by atoms with E-state index in [1.165, 1.54) is 5.46 Å². The van der Waals surface area contributed by atoms with Crippen LogP contribution < -0.4 is 10.8 Å². The van der Waals surface area contributed by atoms with Crippen LogP contribution in [0, 0.1) is 5.41 Å². The van der Waals surface area contributed by atoms with Gasteiger partial charge in [-0.15, -0.1) is 0 Å². The molecule has 0 aliphatic carbocycles. The van der Waals surface area contributed by atoms with Crippen LogP contribution >= 0.6 is 12.2 Å². The van der Waals surface area contributed by atoms with Crippen molar-refractivity contribution in [2.75, 3.05) is 7.05 Å². The van der Waals surface area contributed by atoms with Crippen LogP contribution in [0.4, 0.5) is 0 Å². The van der Waals surface area contributed by atoms with Gasteiger partial charge in [0, 0.05) is 7.05 Å². The van der Waals surface area contributed by atoms with Gasteiger partial charge in [-0.25, -0.2) is 0 Å². The fraction of sp³-hybridized carbons (Fsp3) is 0.273. The summed E-state index contributed by atoms with van der Waals surface area (Å²) in [6.07, 6.45) is 0. The Balaban J connectivity index is 2.48. The van der Waals surface area contributed by atoms with Gasteiger partial charge < -0.3 is 10.2 Å². The monoisotopic (exact) mass is 231 g/mol. The summed E-state index contributed by atoms with van der Waals surface area (Å²) in [5, 5.41) is 10.9. The fourth-order valence-corrected chi connectivity index (χ4v) is 2.22. The molecule has 3 nitrogen and oxygen atoms in total. The molecular formula is C11H14BN3S. The summed E-state index contributed by atoms with van der Waals surface area (Å²) in [5.74, 6) is 0.356. The van der Waals surface area contributed by atoms with Crippen molar-refractivity contribution in [2.45, 2.75) is 12.5 Å². The summed E-state index contributed by atoms with van der Waals surface area (Å²) < 4.78 is 0. The quantitative estimate of drug-likeness (QED) is 0.526. The van der Waals surface area contributed by atoms with E-state index in [-0.39, 0.29) is 0 Å². The standard InChI is InChI=1S/C11H14BN3S/c1-11(7-4-3-5-8(12)6-7)9(16)15(2)10(13)14-11/h3-6H,12H2,1-2H3,(H2,13,14). The number of likely N-dealkylation sites (N-methyl/N-ethyl adjacent to an activating group) is 1. The minimum atomic E-state index is -0.437. The molecule has 0 saturated carbocycles. The number of rotatable bonds is 1. The highest BCUT2D eigenvalue weighted by Crippen LogP contribution is 2.27. The number of hydrogen-bond donors (Lipinski definition) is 2. The fourth-order valence-electron chi connectivity index (χ4n) is 1.96. The molecule has 2 rings (SSSR count). The van der Waals surface area contributed by atoms with Gasteiger partial charge in [0.2, 0.25) is 0 Å². The van der Waals surface area contributed by atoms with Gasteiger partial charge in [0.05, 0.1) is 0 Å². The first-order chi connectivity index (χ1) is 7.45. The second-order valence-electron chi connectivity index (χ2n) is 4.33. The number of guanidine groups is 1. The molecule has 1 aliphatic heterocycles. The third-order valence-corrected chi connectivity index (χ3v) is 3.71. The normalized spacial score (nSPS) is 24.8. The first kappa shape index (κ1) is 11.1. The molecule has 16 heavy (non-hydrogen) atoms. The van der Waals surface area contributed by atoms with Gasteiger partial charge >= 0.3 is 0 Å². The van der Waals surface area contributed by atoms with Crippen molar-refractivity contribution in [1.82, 2.24) is 10.2 Å². The van der Waals surface area contributed by atoms with Crippen LogP contribution in [-0.2, 0) is 5.54 Å². The lowest BCUT2D eigenvalue weighted by molar-refractivity contribution is 0.617. The zero-order valence-corrected chi connectivity index (χ0v) is 10.5. The molecule has 0 amide bonds. The number of nitrogens with one attached hydrogen (secondary N) is 2. The molecule has 1 atom stereocenters. The Morgan fingerprint density at radius 3 is 2.69 bits per heavy atom. The maximum Gasteiger partial charge on any atom is 0.196 e. The zero-order chi connectivity index (χ0) is 11.9. The van der Waals surface area contributed by atoms with E-state index in [4.69, 9.17) is 17.6 Å². The summed E-state index contributed by atoms with van der Waals surface area (Å²) in [7, 11) is 3.87. The van der Waals surface area contributed by atoms with Gasteiger partial charge in [0.25, 0.3) is 0 Å². The maximum absolute atomic E-state index is 7.77. The van der Waals surface area contributed by atoms with Gasteiger partial charge in [-0.05, 0) is 12.5 Å². The lowest BCUT2D eigenvalue weighted by Crippen LogP contribution is -2.40. The average Bonchev–Trinajstić information content (AvgIpc) is 2.44. The predicted molar refractivity (Wildman–Crippen MR) is 73.2 cm³/mol. The van der Waals surface area contributed by atoms with Crippen molar-refractivity contribution in [3.63, 3.8) is 0 Å². The molecule has 1 aromatic rings. The number of thiocarbonyl (C=S) groups is 1. The first-order valence-corrected chi connectivity index (χ1v) is 5.58. The van der Waals surface area contributed by atoms with Gasteiger partial charge in [0.1, 0.15) is 18.4 Å². The van der Waals surface area contributed by atoms with Gasteiger partial charge in [0.15, 0.2) is 5.96 Å². The smallest absolute Gasteiger partial charge is 0.196 e. The van der Waals surface area contributed by atoms with E-state index < -0.39 is 5.54 Å². The highest BCUT2D eigenvalue weighted by molar-refractivity contribution is 7.80. The SMILES string of the molecule is Bc1cccc(C2(C)NC(=N)N(C)C2=S)c1. The number of hydrogen-bond acceptors (Lipinski definition) is 2. The van der Waals surface area contributed by atoms with E-state index in [0.29, 0.717) is 5.96 Å². The molecular weight excluding hydrogens is 217 g/mol. The van der Waals surface area contributed by atoms with Gasteiger partial charge in [-0.1, -0.05) is 41.9 Å². The van der Waals surface area contributed by atoms with Crippen LogP contribution in [0.3, 0.4) is 0 Å². The lowest BCUT2D eigenvalue weighted by atomic mass is 9.87. The van der Waals surface area contributed by atoms with Crippen LogP contribution in [0.5, 0.6) is 0 Å². The van der Waals surface area contributed by atoms with Crippen molar-refractivity contribution in [3.8, 4) is 0 Å². The van der Waals surface area contributed by atoms with Crippen LogP contribution in [0.25, 0.3) is 0 Å². The maximum atomic E-state index is 7.77. The molecule has 1 aromatic carbocycles. The summed E-state index contributed by atoms with van der Waals surface area (Å²) in [5.41, 5.74) is 1.86. The largest absolute Gasteiger partial charge is 0.340 e. The van der Waals surface area contributed by atoms with Crippen molar-refractivity contribution in [2.24, 2.45) is 0 Å². The van der Waals surface area contributed by atoms with Gasteiger partial charge in [-0.2, -0.15) is 0 Å². The third kappa shape index (κ3) is 1.51. The molecule has 1 fully saturated rings. The summed E-state index contributed by atoms with van der Waals surface area (Å²) in [6.45, 7) is 2.02. The van der Waals surface area contributed by atoms with Crippen molar-refractivity contribution in [3.05, 3.63) is 29.8 Å². The van der Waals surface area contributed by atoms with E-state index in [9.17, 15) is 0 Å². The van der Waals surface area contributed by atoms with Crippen LogP contribution in [0.15, 0.2) is 24.3 Å². The minimum Gasteiger partial charge on any atom is -0.340 e. The summed E-state index contributed by atoms with van der Waals surface area (Å²) >= 11 is 5.40. The van der Waals surface area contributed by atoms with E-state index in [1.807, 2.05) is 26.1 Å². The van der Waals surface area contributed by atoms with Crippen molar-refractivity contribution >= 4 is 36.5 Å². The summed E-state index contributed by atoms with van der Waals surface area (Å²) in [6, 6.07) is 8.21. The minimum absolute atomic E-state index is 0.356. The Labute approximate surface area is 102 Å². The lowest BCUT2D eigenvalue weighted by Gasteiger charge is -2.25. The summed E-state index contributed by atoms with van der Waals surface area (Å²) in [4.78, 5) is 2.45. The number of nitrogens with zero attached hydrogens (tertiary/aromatic N) is 1. The van der Waals surface area contributed by atoms with Gasteiger partial charge in [-0.3, -0.25) is 5.41 Å². The van der Waals surface area contributed by atoms with E-state index >= 15 is 0 Å². The molecule has 1 aliphatic rings. The van der Waals surface area contributed by atoms with E-state index in [0.717, 1.165) is 10.6 Å². The molecule has 0 radical (unpaired) electrons. The molecule has 2 N–H and O–H groups in total. The molecule has 0 bridgehead atoms. The molecule has 1 heterocycles. The van der Waals surface area contributed by atoms with Crippen LogP contribution in [-0.4, -0.2) is 30.7 Å². The van der Waals surface area contributed by atoms with Crippen molar-refractivity contribution in [1.29, 1.82) is 5.41 Å². The Bertz CT molecular complexity index is 474. The topological polar surface area (TPSA) is 39.1 Å². The molecule has 1 saturated heterocycles. The predicted octanol–water partition coefficient (Wildman–Crippen LogP) is -0.0426. The third-order valence-electron chi connectivity index (χ3n) is 3.03. The first-order valence-electron chi connectivity index (χ1n) is 5.17. The highest BCUT2D eigenvalue weighted by Gasteiger charge is 2.41. The van der Waals surface area contributed by atoms with Crippen LogP contribution in [0.1, 0.15) is 12.5 Å². The molecule has 0 spiro atoms. The van der Waals surface area contributed by atoms with E-state index in [2.05, 4.69) is 25.3 Å². The molecule has 5 heteroatoms. The Morgan fingerprint density at radius 1 is 1.50 bits per heavy atom. The number of benzene rings is 1. The zero-order valence-electron chi connectivity index (χ0n) is 9.66.